The Kier molecular flexibility index (Phi) is 2.96. The zero-order valence-corrected chi connectivity index (χ0v) is 9.09. The number of rotatable bonds is 1. The molecule has 2 aromatic carbocycles. The zero-order chi connectivity index (χ0) is 11.0. The van der Waals surface area contributed by atoms with Crippen molar-refractivity contribution in [3.63, 3.8) is 0 Å². The van der Waals surface area contributed by atoms with Gasteiger partial charge >= 0.3 is 0 Å². The van der Waals surface area contributed by atoms with Gasteiger partial charge in [-0.2, -0.15) is 0 Å². The number of nitrogens with zero attached hydrogens (tertiary/aromatic N) is 2. The highest BCUT2D eigenvalue weighted by Gasteiger charge is 2.07. The van der Waals surface area contributed by atoms with Gasteiger partial charge in [-0.05, 0) is 12.1 Å². The predicted octanol–water partition coefficient (Wildman–Crippen LogP) is 3.88. The molecule has 86 valence electrons. The first-order chi connectivity index (χ1) is 7.86. The fraction of sp³-hybridized carbons (Fsp3) is 0.133. The standard InChI is InChI=1S/C14H12N2.CH4/c1-16-13-10-6-5-9-12(13)15-14(16)11-7-3-2-4-8-11;/h2-10H,1H3;1H4. The van der Waals surface area contributed by atoms with Crippen LogP contribution in [0.1, 0.15) is 7.43 Å². The van der Waals surface area contributed by atoms with Gasteiger partial charge in [0, 0.05) is 12.6 Å². The second-order valence-electron chi connectivity index (χ2n) is 3.85. The maximum Gasteiger partial charge on any atom is 0.140 e. The van der Waals surface area contributed by atoms with Crippen molar-refractivity contribution in [1.29, 1.82) is 0 Å². The van der Waals surface area contributed by atoms with E-state index in [9.17, 15) is 0 Å². The van der Waals surface area contributed by atoms with Crippen molar-refractivity contribution in [2.75, 3.05) is 0 Å². The smallest absolute Gasteiger partial charge is 0.140 e. The summed E-state index contributed by atoms with van der Waals surface area (Å²) >= 11 is 0. The summed E-state index contributed by atoms with van der Waals surface area (Å²) in [5.41, 5.74) is 3.37. The Hall–Kier alpha value is -2.09. The largest absolute Gasteiger partial charge is 0.327 e. The van der Waals surface area contributed by atoms with E-state index < -0.39 is 0 Å². The Morgan fingerprint density at radius 3 is 2.24 bits per heavy atom. The third-order valence-corrected chi connectivity index (χ3v) is 2.82. The molecule has 0 saturated carbocycles. The number of benzene rings is 2. The van der Waals surface area contributed by atoms with Crippen LogP contribution in [0.3, 0.4) is 0 Å². The van der Waals surface area contributed by atoms with Gasteiger partial charge in [0.15, 0.2) is 0 Å². The summed E-state index contributed by atoms with van der Waals surface area (Å²) in [6.45, 7) is 0. The summed E-state index contributed by atoms with van der Waals surface area (Å²) in [7, 11) is 2.05. The van der Waals surface area contributed by atoms with E-state index in [0.29, 0.717) is 0 Å². The van der Waals surface area contributed by atoms with Gasteiger partial charge in [0.2, 0.25) is 0 Å². The molecule has 0 radical (unpaired) electrons. The Labute approximate surface area is 102 Å². The summed E-state index contributed by atoms with van der Waals surface area (Å²) in [4.78, 5) is 4.65. The normalized spacial score (nSPS) is 10.2. The third-order valence-electron chi connectivity index (χ3n) is 2.82. The van der Waals surface area contributed by atoms with Crippen molar-refractivity contribution in [3.8, 4) is 11.4 Å². The molecular formula is C15H16N2. The predicted molar refractivity (Wildman–Crippen MR) is 72.9 cm³/mol. The first kappa shape index (κ1) is 11.4. The Bertz CT molecular complexity index is 624. The molecule has 2 heteroatoms. The minimum Gasteiger partial charge on any atom is -0.327 e. The van der Waals surface area contributed by atoms with Crippen LogP contribution in [0, 0.1) is 0 Å². The first-order valence-corrected chi connectivity index (χ1v) is 5.33. The molecule has 0 unspecified atom stereocenters. The second kappa shape index (κ2) is 4.42. The van der Waals surface area contributed by atoms with Crippen LogP contribution in [-0.4, -0.2) is 9.55 Å². The number of fused-ring (bicyclic) bond motifs is 1. The highest BCUT2D eigenvalue weighted by atomic mass is 15.1. The zero-order valence-electron chi connectivity index (χ0n) is 9.09. The lowest BCUT2D eigenvalue weighted by Crippen LogP contribution is -1.91. The molecule has 0 spiro atoms. The maximum atomic E-state index is 4.65. The summed E-state index contributed by atoms with van der Waals surface area (Å²) in [5.74, 6) is 1.02. The van der Waals surface area contributed by atoms with Crippen LogP contribution in [0.25, 0.3) is 22.4 Å². The third kappa shape index (κ3) is 1.82. The van der Waals surface area contributed by atoms with E-state index in [4.69, 9.17) is 0 Å². The van der Waals surface area contributed by atoms with Gasteiger partial charge in [-0.25, -0.2) is 4.98 Å². The number of para-hydroxylation sites is 2. The molecule has 0 amide bonds. The molecule has 0 saturated heterocycles. The monoisotopic (exact) mass is 224 g/mol. The highest BCUT2D eigenvalue weighted by Crippen LogP contribution is 2.22. The Balaban J connectivity index is 0.00000108. The van der Waals surface area contributed by atoms with E-state index in [2.05, 4.69) is 34.8 Å². The molecule has 17 heavy (non-hydrogen) atoms. The van der Waals surface area contributed by atoms with Crippen LogP contribution in [0.5, 0.6) is 0 Å². The van der Waals surface area contributed by atoms with E-state index in [-0.39, 0.29) is 7.43 Å². The minimum atomic E-state index is 0. The lowest BCUT2D eigenvalue weighted by molar-refractivity contribution is 0.959. The lowest BCUT2D eigenvalue weighted by Gasteiger charge is -2.01. The molecule has 0 aliphatic carbocycles. The van der Waals surface area contributed by atoms with Crippen molar-refractivity contribution in [3.05, 3.63) is 54.6 Å². The SMILES string of the molecule is C.Cn1c(-c2ccccc2)nc2ccccc21. The lowest BCUT2D eigenvalue weighted by atomic mass is 10.2. The van der Waals surface area contributed by atoms with Crippen LogP contribution in [-0.2, 0) is 7.05 Å². The van der Waals surface area contributed by atoms with Gasteiger partial charge in [-0.3, -0.25) is 0 Å². The molecule has 0 aliphatic heterocycles. The fourth-order valence-corrected chi connectivity index (χ4v) is 1.99. The van der Waals surface area contributed by atoms with E-state index in [1.165, 1.54) is 5.52 Å². The van der Waals surface area contributed by atoms with E-state index >= 15 is 0 Å². The number of hydrogen-bond acceptors (Lipinski definition) is 1. The van der Waals surface area contributed by atoms with Gasteiger partial charge in [-0.1, -0.05) is 49.9 Å². The number of hydrogen-bond donors (Lipinski definition) is 0. The van der Waals surface area contributed by atoms with Crippen LogP contribution < -0.4 is 0 Å². The molecule has 3 aromatic rings. The summed E-state index contributed by atoms with van der Waals surface area (Å²) in [6, 6.07) is 18.5. The topological polar surface area (TPSA) is 17.8 Å². The molecule has 0 N–H and O–H groups in total. The van der Waals surface area contributed by atoms with Crippen molar-refractivity contribution in [2.24, 2.45) is 7.05 Å². The molecule has 3 rings (SSSR count). The molecule has 2 nitrogen and oxygen atoms in total. The summed E-state index contributed by atoms with van der Waals surface area (Å²) < 4.78 is 2.13. The molecule has 0 fully saturated rings. The van der Waals surface area contributed by atoms with E-state index in [1.807, 2.05) is 36.4 Å². The summed E-state index contributed by atoms with van der Waals surface area (Å²) in [6.07, 6.45) is 0. The minimum absolute atomic E-state index is 0. The molecule has 0 atom stereocenters. The van der Waals surface area contributed by atoms with Gasteiger partial charge in [0.25, 0.3) is 0 Å². The van der Waals surface area contributed by atoms with E-state index in [0.717, 1.165) is 16.9 Å². The average Bonchev–Trinajstić information content (AvgIpc) is 2.69. The van der Waals surface area contributed by atoms with Crippen molar-refractivity contribution in [1.82, 2.24) is 9.55 Å². The molecule has 0 aliphatic rings. The van der Waals surface area contributed by atoms with Gasteiger partial charge in [-0.15, -0.1) is 0 Å². The van der Waals surface area contributed by atoms with Crippen LogP contribution in [0.4, 0.5) is 0 Å². The summed E-state index contributed by atoms with van der Waals surface area (Å²) in [5, 5.41) is 0. The second-order valence-corrected chi connectivity index (χ2v) is 3.85. The molecule has 1 aromatic heterocycles. The molecular weight excluding hydrogens is 208 g/mol. The van der Waals surface area contributed by atoms with Crippen LogP contribution >= 0.6 is 0 Å². The Morgan fingerprint density at radius 2 is 1.53 bits per heavy atom. The van der Waals surface area contributed by atoms with Crippen molar-refractivity contribution < 1.29 is 0 Å². The van der Waals surface area contributed by atoms with Gasteiger partial charge in [0.05, 0.1) is 11.0 Å². The molecule has 0 bridgehead atoms. The highest BCUT2D eigenvalue weighted by molar-refractivity contribution is 5.80. The fourth-order valence-electron chi connectivity index (χ4n) is 1.99. The quantitative estimate of drug-likeness (QED) is 0.613. The first-order valence-electron chi connectivity index (χ1n) is 5.33. The van der Waals surface area contributed by atoms with Crippen molar-refractivity contribution >= 4 is 11.0 Å². The van der Waals surface area contributed by atoms with E-state index in [1.54, 1.807) is 0 Å². The number of aryl methyl sites for hydroxylation is 1. The van der Waals surface area contributed by atoms with Gasteiger partial charge < -0.3 is 4.57 Å². The van der Waals surface area contributed by atoms with Crippen LogP contribution in [0.2, 0.25) is 0 Å². The maximum absolute atomic E-state index is 4.65. The van der Waals surface area contributed by atoms with Gasteiger partial charge in [0.1, 0.15) is 5.82 Å². The Morgan fingerprint density at radius 1 is 0.882 bits per heavy atom. The van der Waals surface area contributed by atoms with Crippen LogP contribution in [0.15, 0.2) is 54.6 Å². The molecule has 1 heterocycles. The number of imidazole rings is 1. The van der Waals surface area contributed by atoms with Crippen molar-refractivity contribution in [2.45, 2.75) is 7.43 Å². The number of aromatic nitrogens is 2. The average molecular weight is 224 g/mol.